The first-order chi connectivity index (χ1) is 11.1. The van der Waals surface area contributed by atoms with Crippen molar-refractivity contribution in [3.05, 3.63) is 54.6 Å². The molecule has 0 bridgehead atoms. The molecule has 0 atom stereocenters. The molecule has 2 aromatic carbocycles. The molecule has 0 aromatic heterocycles. The molecule has 0 fully saturated rings. The number of rotatable bonds is 5. The Labute approximate surface area is 136 Å². The van der Waals surface area contributed by atoms with Gasteiger partial charge in [0.15, 0.2) is 6.61 Å². The van der Waals surface area contributed by atoms with Gasteiger partial charge in [-0.2, -0.15) is 0 Å². The molecule has 1 amide bonds. The number of amides is 1. The second-order valence-electron chi connectivity index (χ2n) is 5.03. The normalized spacial score (nSPS) is 11.0. The van der Waals surface area contributed by atoms with E-state index >= 15 is 0 Å². The number of benzene rings is 2. The van der Waals surface area contributed by atoms with E-state index in [1.807, 2.05) is 73.5 Å². The maximum atomic E-state index is 11.9. The van der Waals surface area contributed by atoms with Crippen molar-refractivity contribution < 1.29 is 9.53 Å². The number of nitrogens with one attached hydrogen (secondary N) is 1. The van der Waals surface area contributed by atoms with Crippen molar-refractivity contribution in [1.82, 2.24) is 0 Å². The maximum absolute atomic E-state index is 11.9. The first-order valence-corrected chi connectivity index (χ1v) is 7.35. The van der Waals surface area contributed by atoms with E-state index in [9.17, 15) is 4.79 Å². The van der Waals surface area contributed by atoms with Gasteiger partial charge in [0.05, 0.1) is 5.84 Å². The number of carbonyl (C=O) groups is 1. The van der Waals surface area contributed by atoms with Crippen LogP contribution in [-0.2, 0) is 4.79 Å². The molecule has 1 N–H and O–H groups in total. The summed E-state index contributed by atoms with van der Waals surface area (Å²) in [6.07, 6.45) is 0. The first kappa shape index (κ1) is 16.5. The number of carbonyl (C=O) groups excluding carboxylic acids is 1. The lowest BCUT2D eigenvalue weighted by atomic mass is 10.2. The van der Waals surface area contributed by atoms with Gasteiger partial charge in [-0.3, -0.25) is 9.79 Å². The number of aliphatic imine (C=N–C) groups is 1. The molecule has 0 saturated carbocycles. The Morgan fingerprint density at radius 2 is 1.78 bits per heavy atom. The van der Waals surface area contributed by atoms with Crippen LogP contribution >= 0.6 is 0 Å². The molecule has 120 valence electrons. The van der Waals surface area contributed by atoms with E-state index in [1.165, 1.54) is 0 Å². The molecule has 0 heterocycles. The molecular formula is C18H21N3O2. The molecule has 0 spiro atoms. The molecule has 5 nitrogen and oxygen atoms in total. The molecule has 0 aliphatic carbocycles. The van der Waals surface area contributed by atoms with E-state index in [0.717, 1.165) is 17.2 Å². The Morgan fingerprint density at radius 3 is 2.39 bits per heavy atom. The molecule has 0 radical (unpaired) electrons. The fourth-order valence-electron chi connectivity index (χ4n) is 1.97. The Hall–Kier alpha value is -2.82. The third-order valence-corrected chi connectivity index (χ3v) is 3.46. The molecule has 0 saturated heterocycles. The van der Waals surface area contributed by atoms with Gasteiger partial charge in [0.1, 0.15) is 5.75 Å². The highest BCUT2D eigenvalue weighted by molar-refractivity contribution is 5.96. The average molecular weight is 311 g/mol. The zero-order chi connectivity index (χ0) is 16.7. The highest BCUT2D eigenvalue weighted by Gasteiger charge is 2.06. The summed E-state index contributed by atoms with van der Waals surface area (Å²) in [7, 11) is 3.71. The number of ether oxygens (including phenoxy) is 1. The zero-order valence-electron chi connectivity index (χ0n) is 13.6. The Bertz CT molecular complexity index is 666. The summed E-state index contributed by atoms with van der Waals surface area (Å²) in [5.74, 6) is 1.40. The van der Waals surface area contributed by atoms with Crippen molar-refractivity contribution >= 4 is 23.1 Å². The van der Waals surface area contributed by atoms with Crippen LogP contribution in [0.5, 0.6) is 5.75 Å². The largest absolute Gasteiger partial charge is 0.484 e. The van der Waals surface area contributed by atoms with Gasteiger partial charge in [0.2, 0.25) is 0 Å². The summed E-state index contributed by atoms with van der Waals surface area (Å²) < 4.78 is 5.41. The Kier molecular flexibility index (Phi) is 5.74. The van der Waals surface area contributed by atoms with E-state index in [0.29, 0.717) is 5.75 Å². The van der Waals surface area contributed by atoms with Crippen LogP contribution in [0.15, 0.2) is 59.6 Å². The lowest BCUT2D eigenvalue weighted by Crippen LogP contribution is -2.23. The van der Waals surface area contributed by atoms with Crippen molar-refractivity contribution in [3.63, 3.8) is 0 Å². The quantitative estimate of drug-likeness (QED) is 0.681. The van der Waals surface area contributed by atoms with Crippen molar-refractivity contribution in [3.8, 4) is 5.75 Å². The van der Waals surface area contributed by atoms with E-state index in [-0.39, 0.29) is 12.5 Å². The first-order valence-electron chi connectivity index (χ1n) is 7.35. The van der Waals surface area contributed by atoms with Crippen LogP contribution in [0.4, 0.5) is 11.4 Å². The molecule has 5 heteroatoms. The van der Waals surface area contributed by atoms with Gasteiger partial charge in [-0.25, -0.2) is 0 Å². The summed E-state index contributed by atoms with van der Waals surface area (Å²) in [6, 6.07) is 16.8. The van der Waals surface area contributed by atoms with Crippen LogP contribution in [0.2, 0.25) is 0 Å². The highest BCUT2D eigenvalue weighted by atomic mass is 16.5. The zero-order valence-corrected chi connectivity index (χ0v) is 13.6. The number of anilines is 2. The molecule has 2 aromatic rings. The highest BCUT2D eigenvalue weighted by Crippen LogP contribution is 2.17. The summed E-state index contributed by atoms with van der Waals surface area (Å²) in [5.41, 5.74) is 1.74. The van der Waals surface area contributed by atoms with Gasteiger partial charge in [0, 0.05) is 25.5 Å². The molecular weight excluding hydrogens is 290 g/mol. The molecule has 23 heavy (non-hydrogen) atoms. The van der Waals surface area contributed by atoms with Gasteiger partial charge in [-0.1, -0.05) is 18.2 Å². The number of para-hydroxylation sites is 1. The number of hydrogen-bond acceptors (Lipinski definition) is 3. The van der Waals surface area contributed by atoms with Crippen LogP contribution in [0.25, 0.3) is 0 Å². The predicted octanol–water partition coefficient (Wildman–Crippen LogP) is 3.19. The Morgan fingerprint density at radius 1 is 1.13 bits per heavy atom. The minimum absolute atomic E-state index is 0.0206. The second-order valence-corrected chi connectivity index (χ2v) is 5.03. The van der Waals surface area contributed by atoms with E-state index in [2.05, 4.69) is 10.3 Å². The monoisotopic (exact) mass is 311 g/mol. The van der Waals surface area contributed by atoms with Gasteiger partial charge < -0.3 is 15.0 Å². The standard InChI is InChI=1S/C18H21N3O2/c1-14(19-2)21(3)16-11-9-15(10-12-16)20-18(22)13-23-17-7-5-4-6-8-17/h4-12H,13H2,1-3H3,(H,20,22). The van der Waals surface area contributed by atoms with Gasteiger partial charge in [0.25, 0.3) is 5.91 Å². The van der Waals surface area contributed by atoms with E-state index < -0.39 is 0 Å². The van der Waals surface area contributed by atoms with Crippen molar-refractivity contribution in [1.29, 1.82) is 0 Å². The van der Waals surface area contributed by atoms with Gasteiger partial charge in [-0.15, -0.1) is 0 Å². The third-order valence-electron chi connectivity index (χ3n) is 3.46. The molecule has 0 aliphatic heterocycles. The topological polar surface area (TPSA) is 53.9 Å². The minimum atomic E-state index is -0.193. The second kappa shape index (κ2) is 7.98. The molecule has 2 rings (SSSR count). The summed E-state index contributed by atoms with van der Waals surface area (Å²) >= 11 is 0. The minimum Gasteiger partial charge on any atom is -0.484 e. The van der Waals surface area contributed by atoms with Gasteiger partial charge >= 0.3 is 0 Å². The SMILES string of the molecule is CN=C(C)N(C)c1ccc(NC(=O)COc2ccccc2)cc1. The number of hydrogen-bond donors (Lipinski definition) is 1. The van der Waals surface area contributed by atoms with E-state index in [1.54, 1.807) is 7.05 Å². The lowest BCUT2D eigenvalue weighted by molar-refractivity contribution is -0.118. The summed E-state index contributed by atoms with van der Waals surface area (Å²) in [5, 5.41) is 2.81. The Balaban J connectivity index is 1.89. The van der Waals surface area contributed by atoms with Crippen LogP contribution in [0.1, 0.15) is 6.92 Å². The predicted molar refractivity (Wildman–Crippen MR) is 94.4 cm³/mol. The average Bonchev–Trinajstić information content (AvgIpc) is 2.60. The van der Waals surface area contributed by atoms with Crippen LogP contribution in [-0.4, -0.2) is 32.4 Å². The fourth-order valence-corrected chi connectivity index (χ4v) is 1.97. The summed E-state index contributed by atoms with van der Waals surface area (Å²) in [6.45, 7) is 1.92. The number of nitrogens with zero attached hydrogens (tertiary/aromatic N) is 2. The van der Waals surface area contributed by atoms with Crippen molar-refractivity contribution in [2.75, 3.05) is 30.9 Å². The smallest absolute Gasteiger partial charge is 0.262 e. The fraction of sp³-hybridized carbons (Fsp3) is 0.222. The summed E-state index contributed by atoms with van der Waals surface area (Å²) in [4.78, 5) is 18.0. The van der Waals surface area contributed by atoms with Crippen LogP contribution < -0.4 is 15.0 Å². The molecule has 0 aliphatic rings. The lowest BCUT2D eigenvalue weighted by Gasteiger charge is -2.18. The van der Waals surface area contributed by atoms with Gasteiger partial charge in [-0.05, 0) is 43.3 Å². The van der Waals surface area contributed by atoms with Crippen molar-refractivity contribution in [2.45, 2.75) is 6.92 Å². The van der Waals surface area contributed by atoms with Crippen LogP contribution in [0, 0.1) is 0 Å². The molecule has 0 unspecified atom stereocenters. The maximum Gasteiger partial charge on any atom is 0.262 e. The van der Waals surface area contributed by atoms with Crippen molar-refractivity contribution in [2.24, 2.45) is 4.99 Å². The third kappa shape index (κ3) is 4.85. The van der Waals surface area contributed by atoms with E-state index in [4.69, 9.17) is 4.74 Å². The number of amidine groups is 1. The van der Waals surface area contributed by atoms with Crippen LogP contribution in [0.3, 0.4) is 0 Å².